The van der Waals surface area contributed by atoms with Gasteiger partial charge in [0.1, 0.15) is 18.1 Å². The number of anilines is 1. The van der Waals surface area contributed by atoms with Crippen molar-refractivity contribution in [1.29, 1.82) is 0 Å². The molecule has 0 aromatic heterocycles. The molecular formula is C27H23ClN2O5S. The van der Waals surface area contributed by atoms with Crippen LogP contribution in [0, 0.1) is 6.92 Å². The van der Waals surface area contributed by atoms with Crippen molar-refractivity contribution in [2.24, 2.45) is 0 Å². The third kappa shape index (κ3) is 6.68. The number of thioether (sulfide) groups is 1. The van der Waals surface area contributed by atoms with E-state index in [9.17, 15) is 14.4 Å². The van der Waals surface area contributed by atoms with Crippen molar-refractivity contribution in [1.82, 2.24) is 4.90 Å². The van der Waals surface area contributed by atoms with Gasteiger partial charge in [0, 0.05) is 16.3 Å². The van der Waals surface area contributed by atoms with Gasteiger partial charge in [-0.25, -0.2) is 0 Å². The average molecular weight is 523 g/mol. The normalized spacial score (nSPS) is 14.3. The molecule has 3 amide bonds. The number of para-hydroxylation sites is 1. The summed E-state index contributed by atoms with van der Waals surface area (Å²) in [5.41, 5.74) is 2.25. The number of hydrogen-bond donors (Lipinski definition) is 1. The molecule has 0 spiro atoms. The fraction of sp³-hybridized carbons (Fsp3) is 0.148. The molecule has 4 rings (SSSR count). The lowest BCUT2D eigenvalue weighted by Crippen LogP contribution is -2.32. The minimum atomic E-state index is -0.426. The van der Waals surface area contributed by atoms with Crippen LogP contribution in [0.15, 0.2) is 77.7 Å². The maximum atomic E-state index is 12.9. The van der Waals surface area contributed by atoms with Crippen LogP contribution in [-0.4, -0.2) is 41.7 Å². The molecule has 1 saturated heterocycles. The van der Waals surface area contributed by atoms with Gasteiger partial charge in [-0.15, -0.1) is 0 Å². The van der Waals surface area contributed by atoms with Crippen LogP contribution in [-0.2, 0) is 9.59 Å². The number of hydrogen-bond acceptors (Lipinski definition) is 6. The summed E-state index contributed by atoms with van der Waals surface area (Å²) in [6.07, 6.45) is 1.54. The minimum Gasteiger partial charge on any atom is -0.492 e. The van der Waals surface area contributed by atoms with Crippen LogP contribution in [0.3, 0.4) is 0 Å². The Labute approximate surface area is 218 Å². The van der Waals surface area contributed by atoms with Gasteiger partial charge < -0.3 is 14.8 Å². The summed E-state index contributed by atoms with van der Waals surface area (Å²) in [4.78, 5) is 39.0. The first-order valence-corrected chi connectivity index (χ1v) is 12.3. The Balaban J connectivity index is 1.40. The molecular weight excluding hydrogens is 500 g/mol. The fourth-order valence-corrected chi connectivity index (χ4v) is 4.39. The van der Waals surface area contributed by atoms with E-state index in [-0.39, 0.29) is 35.8 Å². The molecule has 1 aliphatic rings. The van der Waals surface area contributed by atoms with Crippen LogP contribution in [0.1, 0.15) is 11.1 Å². The van der Waals surface area contributed by atoms with Crippen molar-refractivity contribution in [2.75, 3.05) is 25.1 Å². The van der Waals surface area contributed by atoms with Gasteiger partial charge >= 0.3 is 0 Å². The summed E-state index contributed by atoms with van der Waals surface area (Å²) in [5.74, 6) is 0.263. The standard InChI is InChI=1S/C27H23ClN2O5S/c1-18-7-10-22(11-8-18)34-14-13-30-26(32)24(36-27(30)33)16-19-15-20(28)9-12-23(19)35-17-25(31)29-21-5-3-2-4-6-21/h2-12,15-16H,13-14,17H2,1H3,(H,29,31)/b24-16-. The van der Waals surface area contributed by atoms with E-state index >= 15 is 0 Å². The summed E-state index contributed by atoms with van der Waals surface area (Å²) in [7, 11) is 0. The van der Waals surface area contributed by atoms with Crippen molar-refractivity contribution in [2.45, 2.75) is 6.92 Å². The van der Waals surface area contributed by atoms with Crippen LogP contribution in [0.4, 0.5) is 10.5 Å². The first kappa shape index (κ1) is 25.3. The van der Waals surface area contributed by atoms with Gasteiger partial charge in [0.15, 0.2) is 6.61 Å². The monoisotopic (exact) mass is 522 g/mol. The predicted molar refractivity (Wildman–Crippen MR) is 141 cm³/mol. The first-order valence-electron chi connectivity index (χ1n) is 11.1. The maximum Gasteiger partial charge on any atom is 0.293 e. The lowest BCUT2D eigenvalue weighted by atomic mass is 10.2. The largest absolute Gasteiger partial charge is 0.492 e. The summed E-state index contributed by atoms with van der Waals surface area (Å²) in [5, 5.41) is 2.78. The second-order valence-electron chi connectivity index (χ2n) is 7.88. The molecule has 3 aromatic rings. The fourth-order valence-electron chi connectivity index (χ4n) is 3.35. The molecule has 0 bridgehead atoms. The molecule has 1 N–H and O–H groups in total. The lowest BCUT2D eigenvalue weighted by molar-refractivity contribution is -0.123. The number of nitrogens with one attached hydrogen (secondary N) is 1. The second-order valence-corrected chi connectivity index (χ2v) is 9.31. The smallest absolute Gasteiger partial charge is 0.293 e. The van der Waals surface area contributed by atoms with E-state index in [0.29, 0.717) is 27.8 Å². The van der Waals surface area contributed by atoms with E-state index < -0.39 is 5.91 Å². The summed E-state index contributed by atoms with van der Waals surface area (Å²) >= 11 is 6.98. The van der Waals surface area contributed by atoms with E-state index in [1.54, 1.807) is 36.4 Å². The Kier molecular flexibility index (Phi) is 8.30. The molecule has 9 heteroatoms. The van der Waals surface area contributed by atoms with E-state index in [4.69, 9.17) is 21.1 Å². The van der Waals surface area contributed by atoms with E-state index in [1.165, 1.54) is 0 Å². The number of carbonyl (C=O) groups is 3. The molecule has 1 fully saturated rings. The van der Waals surface area contributed by atoms with Crippen LogP contribution in [0.25, 0.3) is 6.08 Å². The van der Waals surface area contributed by atoms with E-state index in [0.717, 1.165) is 22.2 Å². The molecule has 0 aliphatic carbocycles. The molecule has 184 valence electrons. The molecule has 7 nitrogen and oxygen atoms in total. The molecule has 3 aromatic carbocycles. The lowest BCUT2D eigenvalue weighted by Gasteiger charge is -2.13. The predicted octanol–water partition coefficient (Wildman–Crippen LogP) is 5.78. The van der Waals surface area contributed by atoms with Gasteiger partial charge in [0.25, 0.3) is 17.1 Å². The zero-order chi connectivity index (χ0) is 25.5. The summed E-state index contributed by atoms with van der Waals surface area (Å²) < 4.78 is 11.3. The number of amides is 3. The van der Waals surface area contributed by atoms with E-state index in [1.807, 2.05) is 49.4 Å². The van der Waals surface area contributed by atoms with Gasteiger partial charge in [0.05, 0.1) is 11.4 Å². The number of benzene rings is 3. The number of nitrogens with zero attached hydrogens (tertiary/aromatic N) is 1. The molecule has 36 heavy (non-hydrogen) atoms. The van der Waals surface area contributed by atoms with Crippen molar-refractivity contribution < 1.29 is 23.9 Å². The van der Waals surface area contributed by atoms with Crippen LogP contribution >= 0.6 is 23.4 Å². The quantitative estimate of drug-likeness (QED) is 0.358. The van der Waals surface area contributed by atoms with Crippen molar-refractivity contribution >= 4 is 52.2 Å². The third-order valence-electron chi connectivity index (χ3n) is 5.15. The Morgan fingerprint density at radius 2 is 1.78 bits per heavy atom. The highest BCUT2D eigenvalue weighted by Gasteiger charge is 2.35. The Morgan fingerprint density at radius 1 is 1.03 bits per heavy atom. The maximum absolute atomic E-state index is 12.9. The first-order chi connectivity index (χ1) is 17.4. The number of ether oxygens (including phenoxy) is 2. The highest BCUT2D eigenvalue weighted by molar-refractivity contribution is 8.18. The third-order valence-corrected chi connectivity index (χ3v) is 6.30. The van der Waals surface area contributed by atoms with Crippen molar-refractivity contribution in [3.8, 4) is 11.5 Å². The second kappa shape index (κ2) is 11.8. The molecule has 0 radical (unpaired) electrons. The topological polar surface area (TPSA) is 84.9 Å². The highest BCUT2D eigenvalue weighted by atomic mass is 35.5. The summed E-state index contributed by atoms with van der Waals surface area (Å²) in [6, 6.07) is 21.4. The van der Waals surface area contributed by atoms with Gasteiger partial charge in [-0.2, -0.15) is 0 Å². The van der Waals surface area contributed by atoms with Gasteiger partial charge in [-0.1, -0.05) is 47.5 Å². The van der Waals surface area contributed by atoms with Crippen molar-refractivity contribution in [3.63, 3.8) is 0 Å². The average Bonchev–Trinajstić information content (AvgIpc) is 3.12. The van der Waals surface area contributed by atoms with Crippen LogP contribution < -0.4 is 14.8 Å². The number of halogens is 1. The van der Waals surface area contributed by atoms with Crippen LogP contribution in [0.2, 0.25) is 5.02 Å². The minimum absolute atomic E-state index is 0.119. The number of aryl methyl sites for hydroxylation is 1. The van der Waals surface area contributed by atoms with E-state index in [2.05, 4.69) is 5.32 Å². The molecule has 0 unspecified atom stereocenters. The zero-order valence-corrected chi connectivity index (χ0v) is 21.0. The SMILES string of the molecule is Cc1ccc(OCCN2C(=O)S/C(=C\c3cc(Cl)ccc3OCC(=O)Nc3ccccc3)C2=O)cc1. The Bertz CT molecular complexity index is 1300. The number of carbonyl (C=O) groups excluding carboxylic acids is 3. The molecule has 1 aliphatic heterocycles. The Hall–Kier alpha value is -3.75. The van der Waals surface area contributed by atoms with Gasteiger partial charge in [-0.05, 0) is 67.2 Å². The molecule has 1 heterocycles. The van der Waals surface area contributed by atoms with Gasteiger partial charge in [0.2, 0.25) is 0 Å². The molecule has 0 saturated carbocycles. The molecule has 0 atom stereocenters. The number of rotatable bonds is 9. The number of imide groups is 1. The highest BCUT2D eigenvalue weighted by Crippen LogP contribution is 2.34. The summed E-state index contributed by atoms with van der Waals surface area (Å²) in [6.45, 7) is 2.03. The van der Waals surface area contributed by atoms with Crippen LogP contribution in [0.5, 0.6) is 11.5 Å². The zero-order valence-electron chi connectivity index (χ0n) is 19.4. The van der Waals surface area contributed by atoms with Crippen molar-refractivity contribution in [3.05, 3.63) is 93.9 Å². The van der Waals surface area contributed by atoms with Gasteiger partial charge in [-0.3, -0.25) is 19.3 Å². The Morgan fingerprint density at radius 3 is 2.53 bits per heavy atom.